The third-order valence-corrected chi connectivity index (χ3v) is 8.21. The van der Waals surface area contributed by atoms with Crippen LogP contribution in [0.3, 0.4) is 0 Å². The van der Waals surface area contributed by atoms with Crippen LogP contribution in [0, 0.1) is 17.8 Å². The number of pyridine rings is 2. The van der Waals surface area contributed by atoms with Gasteiger partial charge in [0.25, 0.3) is 0 Å². The Balaban J connectivity index is 0.00000204. The average molecular weight is 476 g/mol. The van der Waals surface area contributed by atoms with E-state index in [1.54, 1.807) is 12.3 Å². The Labute approximate surface area is 198 Å². The quantitative estimate of drug-likeness (QED) is 0.448. The van der Waals surface area contributed by atoms with Crippen molar-refractivity contribution in [3.05, 3.63) is 69.6 Å². The van der Waals surface area contributed by atoms with E-state index in [1.807, 2.05) is 24.3 Å². The molecule has 0 spiro atoms. The van der Waals surface area contributed by atoms with Crippen molar-refractivity contribution in [1.82, 2.24) is 9.97 Å². The van der Waals surface area contributed by atoms with E-state index in [-0.39, 0.29) is 17.8 Å². The van der Waals surface area contributed by atoms with E-state index in [2.05, 4.69) is 11.1 Å². The molecule has 3 nitrogen and oxygen atoms in total. The largest absolute Gasteiger partial charge is 0.382 e. The Bertz CT molecular complexity index is 1100. The second kappa shape index (κ2) is 7.88. The van der Waals surface area contributed by atoms with E-state index >= 15 is 0 Å². The number of halogens is 3. The number of nitrogens with zero attached hydrogens (tertiary/aromatic N) is 2. The molecule has 0 saturated heterocycles. The van der Waals surface area contributed by atoms with E-state index in [1.165, 1.54) is 38.5 Å². The summed E-state index contributed by atoms with van der Waals surface area (Å²) in [5, 5.41) is 13.2. The van der Waals surface area contributed by atoms with Crippen molar-refractivity contribution >= 4 is 46.5 Å². The van der Waals surface area contributed by atoms with Gasteiger partial charge in [0.05, 0.1) is 16.2 Å². The van der Waals surface area contributed by atoms with Gasteiger partial charge < -0.3 is 5.11 Å². The lowest BCUT2D eigenvalue weighted by Crippen LogP contribution is -2.49. The van der Waals surface area contributed by atoms with Crippen LogP contribution in [0.15, 0.2) is 42.6 Å². The lowest BCUT2D eigenvalue weighted by Gasteiger charge is -2.56. The first-order valence-electron chi connectivity index (χ1n) is 10.9. The minimum absolute atomic E-state index is 0. The molecule has 4 aliphatic rings. The molecule has 4 bridgehead atoms. The first-order valence-corrected chi connectivity index (χ1v) is 11.7. The van der Waals surface area contributed by atoms with E-state index in [4.69, 9.17) is 28.2 Å². The van der Waals surface area contributed by atoms with Gasteiger partial charge in [0, 0.05) is 27.7 Å². The molecule has 2 aromatic heterocycles. The molecule has 1 atom stereocenters. The minimum atomic E-state index is -0.848. The molecular weight excluding hydrogens is 451 g/mol. The minimum Gasteiger partial charge on any atom is -0.382 e. The molecule has 3 aromatic rings. The van der Waals surface area contributed by atoms with Crippen molar-refractivity contribution in [2.45, 2.75) is 50.0 Å². The van der Waals surface area contributed by atoms with Gasteiger partial charge in [-0.1, -0.05) is 29.3 Å². The van der Waals surface area contributed by atoms with Gasteiger partial charge in [0.1, 0.15) is 6.10 Å². The molecule has 1 unspecified atom stereocenters. The highest BCUT2D eigenvalue weighted by Gasteiger charge is 2.52. The number of aliphatic hydroxyl groups excluding tert-OH is 1. The van der Waals surface area contributed by atoms with Crippen molar-refractivity contribution in [3.63, 3.8) is 0 Å². The Morgan fingerprint density at radius 1 is 0.968 bits per heavy atom. The number of hydrogen-bond acceptors (Lipinski definition) is 3. The Kier molecular flexibility index (Phi) is 5.45. The Morgan fingerprint density at radius 2 is 1.65 bits per heavy atom. The zero-order chi connectivity index (χ0) is 20.5. The van der Waals surface area contributed by atoms with Crippen molar-refractivity contribution in [2.75, 3.05) is 0 Å². The van der Waals surface area contributed by atoms with Crippen LogP contribution in [-0.2, 0) is 5.41 Å². The second-order valence-electron chi connectivity index (χ2n) is 9.74. The number of hydrogen-bond donors (Lipinski definition) is 1. The molecule has 0 amide bonds. The lowest BCUT2D eigenvalue weighted by molar-refractivity contribution is -0.00714. The predicted molar refractivity (Wildman–Crippen MR) is 127 cm³/mol. The molecular formula is C25H25Cl3N2O. The highest BCUT2D eigenvalue weighted by molar-refractivity contribution is 6.38. The molecule has 7 rings (SSSR count). The van der Waals surface area contributed by atoms with Crippen molar-refractivity contribution in [2.24, 2.45) is 17.8 Å². The predicted octanol–water partition coefficient (Wildman–Crippen LogP) is 6.91. The fraction of sp³-hybridized carbons (Fsp3) is 0.440. The van der Waals surface area contributed by atoms with Crippen LogP contribution in [-0.4, -0.2) is 15.1 Å². The zero-order valence-electron chi connectivity index (χ0n) is 17.1. The molecule has 1 aromatic carbocycles. The van der Waals surface area contributed by atoms with Crippen LogP contribution >= 0.6 is 35.6 Å². The van der Waals surface area contributed by atoms with Crippen LogP contribution in [0.25, 0.3) is 10.9 Å². The van der Waals surface area contributed by atoms with Gasteiger partial charge in [-0.15, -0.1) is 12.4 Å². The molecule has 31 heavy (non-hydrogen) atoms. The smallest absolute Gasteiger partial charge is 0.122 e. The van der Waals surface area contributed by atoms with E-state index < -0.39 is 6.10 Å². The third-order valence-electron chi connectivity index (χ3n) is 7.71. The number of rotatable bonds is 3. The summed E-state index contributed by atoms with van der Waals surface area (Å²) in [6, 6.07) is 11.3. The molecule has 6 heteroatoms. The van der Waals surface area contributed by atoms with Gasteiger partial charge in [-0.25, -0.2) is 0 Å². The average Bonchev–Trinajstić information content (AvgIpc) is 2.72. The van der Waals surface area contributed by atoms with Crippen molar-refractivity contribution < 1.29 is 5.11 Å². The SMILES string of the molecule is Cl.OC(c1ccccn1)c1cc(C23CC4CC(CC(C4)C2)C3)nc2c(Cl)cc(Cl)cc12. The summed E-state index contributed by atoms with van der Waals surface area (Å²) in [4.78, 5) is 9.51. The Hall–Kier alpha value is -1.39. The highest BCUT2D eigenvalue weighted by Crippen LogP contribution is 2.60. The van der Waals surface area contributed by atoms with E-state index in [0.29, 0.717) is 15.7 Å². The maximum Gasteiger partial charge on any atom is 0.122 e. The van der Waals surface area contributed by atoms with Crippen LogP contribution in [0.1, 0.15) is 61.6 Å². The summed E-state index contributed by atoms with van der Waals surface area (Å²) in [5.41, 5.74) is 3.37. The summed E-state index contributed by atoms with van der Waals surface area (Å²) in [6.07, 6.45) is 8.64. The third kappa shape index (κ3) is 3.54. The lowest BCUT2D eigenvalue weighted by atomic mass is 9.48. The molecule has 2 heterocycles. The van der Waals surface area contributed by atoms with Gasteiger partial charge in [0.15, 0.2) is 0 Å². The fourth-order valence-corrected chi connectivity index (χ4v) is 7.43. The van der Waals surface area contributed by atoms with Crippen molar-refractivity contribution in [1.29, 1.82) is 0 Å². The topological polar surface area (TPSA) is 46.0 Å². The first-order chi connectivity index (χ1) is 14.5. The number of aromatic nitrogens is 2. The number of fused-ring (bicyclic) bond motifs is 1. The first kappa shape index (κ1) is 21.5. The van der Waals surface area contributed by atoms with Gasteiger partial charge in [-0.2, -0.15) is 0 Å². The fourth-order valence-electron chi connectivity index (χ4n) is 6.90. The monoisotopic (exact) mass is 474 g/mol. The highest BCUT2D eigenvalue weighted by atomic mass is 35.5. The maximum atomic E-state index is 11.3. The summed E-state index contributed by atoms with van der Waals surface area (Å²) in [6.45, 7) is 0. The molecule has 4 fully saturated rings. The van der Waals surface area contributed by atoms with Crippen LogP contribution < -0.4 is 0 Å². The normalized spacial score (nSPS) is 29.7. The second-order valence-corrected chi connectivity index (χ2v) is 10.6. The van der Waals surface area contributed by atoms with E-state index in [9.17, 15) is 5.11 Å². The van der Waals surface area contributed by atoms with Crippen LogP contribution in [0.4, 0.5) is 0 Å². The number of benzene rings is 1. The van der Waals surface area contributed by atoms with Crippen molar-refractivity contribution in [3.8, 4) is 0 Å². The van der Waals surface area contributed by atoms with Crippen LogP contribution in [0.2, 0.25) is 10.0 Å². The summed E-state index contributed by atoms with van der Waals surface area (Å²) in [5.74, 6) is 2.45. The number of aliphatic hydroxyl groups is 1. The molecule has 162 valence electrons. The van der Waals surface area contributed by atoms with E-state index in [0.717, 1.165) is 39.9 Å². The summed E-state index contributed by atoms with van der Waals surface area (Å²) >= 11 is 13.0. The van der Waals surface area contributed by atoms with Gasteiger partial charge in [0.2, 0.25) is 0 Å². The standard InChI is InChI=1S/C25H24Cl2N2O.ClH/c26-17-8-18-19(24(30)21-3-1-2-4-28-21)10-22(29-23(18)20(27)9-17)25-11-14-5-15(12-25)7-16(6-14)13-25;/h1-4,8-10,14-16,24,30H,5-7,11-13H2;1H. The molecule has 4 aliphatic carbocycles. The molecule has 1 N–H and O–H groups in total. The van der Waals surface area contributed by atoms with Gasteiger partial charge >= 0.3 is 0 Å². The Morgan fingerprint density at radius 3 is 2.26 bits per heavy atom. The zero-order valence-corrected chi connectivity index (χ0v) is 19.4. The molecule has 0 radical (unpaired) electrons. The summed E-state index contributed by atoms with van der Waals surface area (Å²) in [7, 11) is 0. The maximum absolute atomic E-state index is 11.3. The van der Waals surface area contributed by atoms with Gasteiger partial charge in [-0.3, -0.25) is 9.97 Å². The summed E-state index contributed by atoms with van der Waals surface area (Å²) < 4.78 is 0. The van der Waals surface area contributed by atoms with Gasteiger partial charge in [-0.05, 0) is 92.2 Å². The van der Waals surface area contributed by atoms with Crippen LogP contribution in [0.5, 0.6) is 0 Å². The molecule has 4 saturated carbocycles. The molecule has 0 aliphatic heterocycles.